The molecule has 2 rings (SSSR count). The predicted octanol–water partition coefficient (Wildman–Crippen LogP) is 2.97. The quantitative estimate of drug-likeness (QED) is 0.907. The van der Waals surface area contributed by atoms with Gasteiger partial charge in [0.25, 0.3) is 5.91 Å². The summed E-state index contributed by atoms with van der Waals surface area (Å²) in [5.74, 6) is -0.216. The van der Waals surface area contributed by atoms with Gasteiger partial charge in [-0.15, -0.1) is 0 Å². The largest absolute Gasteiger partial charge is 0.343 e. The fourth-order valence-electron chi connectivity index (χ4n) is 2.16. The Morgan fingerprint density at radius 2 is 1.79 bits per heavy atom. The Hall–Kier alpha value is -2.89. The summed E-state index contributed by atoms with van der Waals surface area (Å²) < 4.78 is 0. The summed E-state index contributed by atoms with van der Waals surface area (Å²) in [4.78, 5) is 29.5. The SMILES string of the molecule is Cc1ccc([C@@H](C)NC(=O)Nc2ccnc(C(=O)N(C)C)c2)cc1. The summed E-state index contributed by atoms with van der Waals surface area (Å²) in [5.41, 5.74) is 2.99. The molecule has 0 radical (unpaired) electrons. The summed E-state index contributed by atoms with van der Waals surface area (Å²) >= 11 is 0. The molecule has 0 aliphatic heterocycles. The average molecular weight is 326 g/mol. The molecule has 0 unspecified atom stereocenters. The topological polar surface area (TPSA) is 74.3 Å². The maximum Gasteiger partial charge on any atom is 0.319 e. The lowest BCUT2D eigenvalue weighted by atomic mass is 10.1. The lowest BCUT2D eigenvalue weighted by molar-refractivity contribution is 0.0822. The molecule has 0 saturated carbocycles. The van der Waals surface area contributed by atoms with Gasteiger partial charge in [-0.1, -0.05) is 29.8 Å². The van der Waals surface area contributed by atoms with Gasteiger partial charge in [0.15, 0.2) is 0 Å². The zero-order chi connectivity index (χ0) is 17.7. The summed E-state index contributed by atoms with van der Waals surface area (Å²) in [5, 5.41) is 5.60. The van der Waals surface area contributed by atoms with Crippen LogP contribution in [0.3, 0.4) is 0 Å². The summed E-state index contributed by atoms with van der Waals surface area (Å²) in [7, 11) is 3.31. The van der Waals surface area contributed by atoms with E-state index in [1.807, 2.05) is 38.1 Å². The monoisotopic (exact) mass is 326 g/mol. The van der Waals surface area contributed by atoms with E-state index in [1.54, 1.807) is 26.2 Å². The van der Waals surface area contributed by atoms with E-state index in [4.69, 9.17) is 0 Å². The van der Waals surface area contributed by atoms with Crippen LogP contribution in [0.5, 0.6) is 0 Å². The highest BCUT2D eigenvalue weighted by Gasteiger charge is 2.12. The van der Waals surface area contributed by atoms with Crippen molar-refractivity contribution in [2.45, 2.75) is 19.9 Å². The van der Waals surface area contributed by atoms with Crippen molar-refractivity contribution in [2.75, 3.05) is 19.4 Å². The highest BCUT2D eigenvalue weighted by Crippen LogP contribution is 2.14. The number of urea groups is 1. The number of pyridine rings is 1. The maximum atomic E-state index is 12.1. The maximum absolute atomic E-state index is 12.1. The Morgan fingerprint density at radius 3 is 2.42 bits per heavy atom. The zero-order valence-corrected chi connectivity index (χ0v) is 14.3. The van der Waals surface area contributed by atoms with Crippen molar-refractivity contribution >= 4 is 17.6 Å². The minimum Gasteiger partial charge on any atom is -0.343 e. The molecule has 126 valence electrons. The summed E-state index contributed by atoms with van der Waals surface area (Å²) in [6, 6.07) is 10.7. The van der Waals surface area contributed by atoms with Gasteiger partial charge in [-0.25, -0.2) is 4.79 Å². The van der Waals surface area contributed by atoms with Crippen molar-refractivity contribution in [1.82, 2.24) is 15.2 Å². The van der Waals surface area contributed by atoms with Crippen LogP contribution in [-0.2, 0) is 0 Å². The van der Waals surface area contributed by atoms with Crippen LogP contribution in [0, 0.1) is 6.92 Å². The second kappa shape index (κ2) is 7.59. The van der Waals surface area contributed by atoms with Gasteiger partial charge >= 0.3 is 6.03 Å². The Bertz CT molecular complexity index is 726. The number of benzene rings is 1. The number of rotatable bonds is 4. The first kappa shape index (κ1) is 17.5. The first-order chi connectivity index (χ1) is 11.4. The third-order valence-electron chi connectivity index (χ3n) is 3.57. The molecule has 6 nitrogen and oxygen atoms in total. The molecule has 3 amide bonds. The van der Waals surface area contributed by atoms with Crippen molar-refractivity contribution in [1.29, 1.82) is 0 Å². The predicted molar refractivity (Wildman–Crippen MR) is 94.0 cm³/mol. The van der Waals surface area contributed by atoms with Gasteiger partial charge in [-0.3, -0.25) is 9.78 Å². The van der Waals surface area contributed by atoms with Crippen molar-refractivity contribution in [3.63, 3.8) is 0 Å². The lowest BCUT2D eigenvalue weighted by Gasteiger charge is -2.16. The van der Waals surface area contributed by atoms with Gasteiger partial charge in [0.2, 0.25) is 0 Å². The van der Waals surface area contributed by atoms with Crippen LogP contribution in [0.25, 0.3) is 0 Å². The van der Waals surface area contributed by atoms with Crippen LogP contribution in [-0.4, -0.2) is 35.9 Å². The molecule has 0 spiro atoms. The van der Waals surface area contributed by atoms with E-state index in [0.717, 1.165) is 5.56 Å². The van der Waals surface area contributed by atoms with Crippen molar-refractivity contribution < 1.29 is 9.59 Å². The number of amides is 3. The van der Waals surface area contributed by atoms with Crippen molar-refractivity contribution in [3.8, 4) is 0 Å². The van der Waals surface area contributed by atoms with E-state index in [1.165, 1.54) is 16.7 Å². The molecule has 0 aliphatic carbocycles. The minimum atomic E-state index is -0.336. The van der Waals surface area contributed by atoms with Crippen molar-refractivity contribution in [2.24, 2.45) is 0 Å². The molecule has 0 aliphatic rings. The Balaban J connectivity index is 2.00. The number of aromatic nitrogens is 1. The molecule has 6 heteroatoms. The number of hydrogen-bond donors (Lipinski definition) is 2. The fourth-order valence-corrected chi connectivity index (χ4v) is 2.16. The molecular formula is C18H22N4O2. The number of carbonyl (C=O) groups excluding carboxylic acids is 2. The number of hydrogen-bond acceptors (Lipinski definition) is 3. The number of anilines is 1. The number of nitrogens with zero attached hydrogens (tertiary/aromatic N) is 2. The molecule has 2 aromatic rings. The molecule has 0 saturated heterocycles. The highest BCUT2D eigenvalue weighted by atomic mass is 16.2. The molecule has 2 N–H and O–H groups in total. The highest BCUT2D eigenvalue weighted by molar-refractivity contribution is 5.95. The van der Waals surface area contributed by atoms with Crippen LogP contribution in [0.4, 0.5) is 10.5 Å². The van der Waals surface area contributed by atoms with E-state index in [-0.39, 0.29) is 23.7 Å². The van der Waals surface area contributed by atoms with Crippen LogP contribution in [0.15, 0.2) is 42.6 Å². The standard InChI is InChI=1S/C18H22N4O2/c1-12-5-7-14(8-6-12)13(2)20-18(24)21-15-9-10-19-16(11-15)17(23)22(3)4/h5-11,13H,1-4H3,(H2,19,20,21,24)/t13-/m1/s1. The first-order valence-corrected chi connectivity index (χ1v) is 7.68. The van der Waals surface area contributed by atoms with Gasteiger partial charge in [0.05, 0.1) is 6.04 Å². The lowest BCUT2D eigenvalue weighted by Crippen LogP contribution is -2.31. The van der Waals surface area contributed by atoms with Gasteiger partial charge in [-0.2, -0.15) is 0 Å². The Labute approximate surface area is 141 Å². The molecule has 1 aromatic carbocycles. The van der Waals surface area contributed by atoms with Gasteiger partial charge in [-0.05, 0) is 31.5 Å². The molecular weight excluding hydrogens is 304 g/mol. The zero-order valence-electron chi connectivity index (χ0n) is 14.3. The third kappa shape index (κ3) is 4.55. The van der Waals surface area contributed by atoms with E-state index in [2.05, 4.69) is 15.6 Å². The van der Waals surface area contributed by atoms with Crippen LogP contribution in [0.1, 0.15) is 34.6 Å². The molecule has 1 atom stereocenters. The molecule has 24 heavy (non-hydrogen) atoms. The van der Waals surface area contributed by atoms with Crippen LogP contribution < -0.4 is 10.6 Å². The average Bonchev–Trinajstić information content (AvgIpc) is 2.54. The molecule has 1 aromatic heterocycles. The fraction of sp³-hybridized carbons (Fsp3) is 0.278. The molecule has 1 heterocycles. The molecule has 0 bridgehead atoms. The Kier molecular flexibility index (Phi) is 5.52. The summed E-state index contributed by atoms with van der Waals surface area (Å²) in [6.07, 6.45) is 1.50. The third-order valence-corrected chi connectivity index (χ3v) is 3.57. The second-order valence-electron chi connectivity index (χ2n) is 5.86. The number of carbonyl (C=O) groups is 2. The Morgan fingerprint density at radius 1 is 1.12 bits per heavy atom. The van der Waals surface area contributed by atoms with Gasteiger partial charge in [0, 0.05) is 26.0 Å². The normalized spacial score (nSPS) is 11.5. The van der Waals surface area contributed by atoms with Crippen molar-refractivity contribution in [3.05, 3.63) is 59.4 Å². The van der Waals surface area contributed by atoms with Gasteiger partial charge in [0.1, 0.15) is 5.69 Å². The van der Waals surface area contributed by atoms with Gasteiger partial charge < -0.3 is 15.5 Å². The second-order valence-corrected chi connectivity index (χ2v) is 5.86. The van der Waals surface area contributed by atoms with Crippen LogP contribution >= 0.6 is 0 Å². The van der Waals surface area contributed by atoms with Crippen LogP contribution in [0.2, 0.25) is 0 Å². The smallest absolute Gasteiger partial charge is 0.319 e. The number of nitrogens with one attached hydrogen (secondary N) is 2. The van der Waals surface area contributed by atoms with E-state index < -0.39 is 0 Å². The van der Waals surface area contributed by atoms with E-state index in [9.17, 15) is 9.59 Å². The molecule has 0 fully saturated rings. The minimum absolute atomic E-state index is 0.129. The first-order valence-electron chi connectivity index (χ1n) is 7.68. The summed E-state index contributed by atoms with van der Waals surface area (Å²) in [6.45, 7) is 3.93. The van der Waals surface area contributed by atoms with E-state index >= 15 is 0 Å². The van der Waals surface area contributed by atoms with E-state index in [0.29, 0.717) is 5.69 Å². The number of aryl methyl sites for hydroxylation is 1.